The Balaban J connectivity index is 3.07. The molecule has 1 aromatic rings. The second-order valence-corrected chi connectivity index (χ2v) is 11.6. The molecule has 0 atom stereocenters. The molecule has 116 valence electrons. The second kappa shape index (κ2) is 8.33. The quantitative estimate of drug-likeness (QED) is 0.351. The van der Waals surface area contributed by atoms with Crippen molar-refractivity contribution >= 4 is 19.9 Å². The van der Waals surface area contributed by atoms with Gasteiger partial charge in [0.2, 0.25) is 0 Å². The van der Waals surface area contributed by atoms with Crippen LogP contribution in [0.5, 0.6) is 0 Å². The van der Waals surface area contributed by atoms with Crippen molar-refractivity contribution in [3.8, 4) is 0 Å². The molecule has 1 nitrogen and oxygen atoms in total. The maximum Gasteiger partial charge on any atom is 0.149 e. The molecule has 0 aliphatic rings. The number of hydrogen-bond acceptors (Lipinski definition) is 1. The molecule has 0 saturated carbocycles. The van der Waals surface area contributed by atoms with Gasteiger partial charge in [-0.05, 0) is 23.5 Å². The summed E-state index contributed by atoms with van der Waals surface area (Å²) < 4.78 is 0. The van der Waals surface area contributed by atoms with Gasteiger partial charge in [0.1, 0.15) is 6.29 Å². The monoisotopic (exact) mass is 302 g/mol. The van der Waals surface area contributed by atoms with Crippen LogP contribution in [-0.4, -0.2) is 14.4 Å². The molecule has 0 aromatic heterocycles. The van der Waals surface area contributed by atoms with Crippen molar-refractivity contribution in [1.82, 2.24) is 0 Å². The lowest BCUT2D eigenvalue weighted by Gasteiger charge is -2.24. The summed E-state index contributed by atoms with van der Waals surface area (Å²) in [5, 5.41) is 0. The van der Waals surface area contributed by atoms with Crippen molar-refractivity contribution in [1.29, 1.82) is 0 Å². The number of benzene rings is 1. The Kier molecular flexibility index (Phi) is 7.10. The molecule has 0 unspecified atom stereocenters. The molecule has 0 fully saturated rings. The zero-order valence-electron chi connectivity index (χ0n) is 14.3. The van der Waals surface area contributed by atoms with E-state index in [1.807, 2.05) is 0 Å². The largest absolute Gasteiger partial charge is 0.298 e. The molecule has 1 aromatic carbocycles. The molecular formula is C19H30OSi. The Labute approximate surface area is 131 Å². The summed E-state index contributed by atoms with van der Waals surface area (Å²) in [6.45, 7) is 11.3. The second-order valence-electron chi connectivity index (χ2n) is 6.44. The maximum atomic E-state index is 11.5. The van der Waals surface area contributed by atoms with Gasteiger partial charge in [-0.2, -0.15) is 0 Å². The van der Waals surface area contributed by atoms with Gasteiger partial charge in [0, 0.05) is 5.57 Å². The zero-order valence-corrected chi connectivity index (χ0v) is 15.3. The number of aldehydes is 1. The zero-order chi connectivity index (χ0) is 15.9. The van der Waals surface area contributed by atoms with Crippen LogP contribution in [0.3, 0.4) is 0 Å². The van der Waals surface area contributed by atoms with E-state index >= 15 is 0 Å². The Bertz CT molecular complexity index is 459. The molecular weight excluding hydrogens is 272 g/mol. The first-order valence-electron chi connectivity index (χ1n) is 8.27. The lowest BCUT2D eigenvalue weighted by Crippen LogP contribution is -2.29. The van der Waals surface area contributed by atoms with Crippen LogP contribution in [0.1, 0.15) is 45.7 Å². The van der Waals surface area contributed by atoms with Crippen molar-refractivity contribution in [2.75, 3.05) is 0 Å². The third kappa shape index (κ3) is 4.96. The van der Waals surface area contributed by atoms with Gasteiger partial charge in [-0.25, -0.2) is 0 Å². The van der Waals surface area contributed by atoms with Gasteiger partial charge in [-0.15, -0.1) is 0 Å². The third-order valence-corrected chi connectivity index (χ3v) is 9.78. The molecule has 0 spiro atoms. The topological polar surface area (TPSA) is 17.1 Å². The van der Waals surface area contributed by atoms with Crippen LogP contribution in [0.2, 0.25) is 18.1 Å². The van der Waals surface area contributed by atoms with E-state index in [4.69, 9.17) is 0 Å². The maximum absolute atomic E-state index is 11.5. The van der Waals surface area contributed by atoms with Gasteiger partial charge in [0.25, 0.3) is 0 Å². The number of carbonyl (C=O) groups excluding carboxylic acids is 1. The Morgan fingerprint density at radius 1 is 1.05 bits per heavy atom. The van der Waals surface area contributed by atoms with Crippen LogP contribution in [0.15, 0.2) is 30.0 Å². The first kappa shape index (κ1) is 17.9. The average Bonchev–Trinajstić information content (AvgIpc) is 2.50. The standard InChI is InChI=1S/C19H30OSi/c1-6-21(7-2,8-3)15-19(14-20)18-11-9-17(10-12-18)13-16(4)5/h9-12,14-16H,6-8,13H2,1-5H3. The van der Waals surface area contributed by atoms with Crippen LogP contribution in [0.4, 0.5) is 0 Å². The van der Waals surface area contributed by atoms with Crippen LogP contribution in [0.25, 0.3) is 5.57 Å². The summed E-state index contributed by atoms with van der Waals surface area (Å²) in [7, 11) is -1.42. The highest BCUT2D eigenvalue weighted by molar-refractivity contribution is 6.85. The molecule has 0 bridgehead atoms. The van der Waals surface area contributed by atoms with Crippen LogP contribution in [0, 0.1) is 5.92 Å². The van der Waals surface area contributed by atoms with Gasteiger partial charge in [0.05, 0.1) is 8.07 Å². The Hall–Kier alpha value is -1.15. The number of rotatable bonds is 8. The Morgan fingerprint density at radius 2 is 1.57 bits per heavy atom. The van der Waals surface area contributed by atoms with Crippen LogP contribution in [-0.2, 0) is 11.2 Å². The highest BCUT2D eigenvalue weighted by Crippen LogP contribution is 2.26. The minimum Gasteiger partial charge on any atom is -0.298 e. The van der Waals surface area contributed by atoms with Crippen LogP contribution < -0.4 is 0 Å². The minimum absolute atomic E-state index is 0.664. The van der Waals surface area contributed by atoms with E-state index in [1.54, 1.807) is 0 Å². The van der Waals surface area contributed by atoms with E-state index in [0.717, 1.165) is 23.8 Å². The molecule has 2 heteroatoms. The number of carbonyl (C=O) groups is 1. The summed E-state index contributed by atoms with van der Waals surface area (Å²) in [6.07, 6.45) is 2.14. The molecule has 0 radical (unpaired) electrons. The normalized spacial score (nSPS) is 12.8. The third-order valence-electron chi connectivity index (χ3n) is 4.63. The lowest BCUT2D eigenvalue weighted by molar-refractivity contribution is -0.103. The summed E-state index contributed by atoms with van der Waals surface area (Å²) in [5.41, 5.74) is 5.65. The summed E-state index contributed by atoms with van der Waals surface area (Å²) in [4.78, 5) is 11.5. The molecule has 0 amide bonds. The van der Waals surface area contributed by atoms with Crippen molar-refractivity contribution in [3.63, 3.8) is 0 Å². The SMILES string of the molecule is CC[Si](C=C(C=O)c1ccc(CC(C)C)cc1)(CC)CC. The fourth-order valence-electron chi connectivity index (χ4n) is 2.88. The molecule has 1 rings (SSSR count). The van der Waals surface area contributed by atoms with Gasteiger partial charge >= 0.3 is 0 Å². The summed E-state index contributed by atoms with van der Waals surface area (Å²) in [5.74, 6) is 0.664. The fraction of sp³-hybridized carbons (Fsp3) is 0.526. The lowest BCUT2D eigenvalue weighted by atomic mass is 10.00. The molecule has 0 heterocycles. The van der Waals surface area contributed by atoms with E-state index in [2.05, 4.69) is 64.6 Å². The molecule has 0 N–H and O–H groups in total. The van der Waals surface area contributed by atoms with Crippen molar-refractivity contribution in [2.45, 2.75) is 59.2 Å². The summed E-state index contributed by atoms with van der Waals surface area (Å²) >= 11 is 0. The molecule has 0 aliphatic heterocycles. The molecule has 21 heavy (non-hydrogen) atoms. The molecule has 0 aliphatic carbocycles. The van der Waals surface area contributed by atoms with E-state index in [-0.39, 0.29) is 0 Å². The van der Waals surface area contributed by atoms with Crippen molar-refractivity contribution < 1.29 is 4.79 Å². The van der Waals surface area contributed by atoms with E-state index in [1.165, 1.54) is 23.7 Å². The van der Waals surface area contributed by atoms with E-state index in [9.17, 15) is 4.79 Å². The average molecular weight is 303 g/mol. The predicted octanol–water partition coefficient (Wildman–Crippen LogP) is 5.52. The van der Waals surface area contributed by atoms with E-state index in [0.29, 0.717) is 5.92 Å². The van der Waals surface area contributed by atoms with Crippen LogP contribution >= 0.6 is 0 Å². The first-order valence-corrected chi connectivity index (χ1v) is 11.0. The smallest absolute Gasteiger partial charge is 0.149 e. The van der Waals surface area contributed by atoms with Crippen molar-refractivity contribution in [2.24, 2.45) is 5.92 Å². The van der Waals surface area contributed by atoms with Crippen molar-refractivity contribution in [3.05, 3.63) is 41.1 Å². The highest BCUT2D eigenvalue weighted by Gasteiger charge is 2.24. The predicted molar refractivity (Wildman–Crippen MR) is 96.2 cm³/mol. The number of allylic oxidation sites excluding steroid dienone is 1. The fourth-order valence-corrected chi connectivity index (χ4v) is 5.88. The Morgan fingerprint density at radius 3 is 1.95 bits per heavy atom. The first-order chi connectivity index (χ1) is 10.00. The highest BCUT2D eigenvalue weighted by atomic mass is 28.3. The molecule has 0 saturated heterocycles. The van der Waals surface area contributed by atoms with Gasteiger partial charge in [-0.3, -0.25) is 4.79 Å². The number of hydrogen-bond donors (Lipinski definition) is 0. The van der Waals surface area contributed by atoms with E-state index < -0.39 is 8.07 Å². The summed E-state index contributed by atoms with van der Waals surface area (Å²) in [6, 6.07) is 12.2. The van der Waals surface area contributed by atoms with Gasteiger partial charge in [0.15, 0.2) is 0 Å². The van der Waals surface area contributed by atoms with Gasteiger partial charge < -0.3 is 0 Å². The van der Waals surface area contributed by atoms with Gasteiger partial charge in [-0.1, -0.05) is 82.7 Å². The minimum atomic E-state index is -1.42.